The summed E-state index contributed by atoms with van der Waals surface area (Å²) in [5.41, 5.74) is 8.80. The van der Waals surface area contributed by atoms with Gasteiger partial charge in [0.1, 0.15) is 11.8 Å². The number of rotatable bonds is 10. The molecule has 0 saturated carbocycles. The van der Waals surface area contributed by atoms with E-state index in [1.807, 2.05) is 115 Å². The molecule has 0 saturated heterocycles. The fraction of sp³-hybridized carbons (Fsp3) is 0.161. The van der Waals surface area contributed by atoms with Crippen LogP contribution in [0.5, 0.6) is 5.75 Å². The molecule has 36 heavy (non-hydrogen) atoms. The number of amides is 2. The number of hydrogen-bond acceptors (Lipinski definition) is 3. The Bertz CT molecular complexity index is 1180. The highest BCUT2D eigenvalue weighted by Crippen LogP contribution is 2.42. The van der Waals surface area contributed by atoms with Gasteiger partial charge in [0, 0.05) is 12.8 Å². The molecule has 4 aromatic carbocycles. The lowest BCUT2D eigenvalue weighted by atomic mass is 9.67. The predicted molar refractivity (Wildman–Crippen MR) is 142 cm³/mol. The molecule has 0 radical (unpaired) electrons. The molecule has 4 aromatic rings. The third-order valence-corrected chi connectivity index (χ3v) is 6.50. The Labute approximate surface area is 211 Å². The van der Waals surface area contributed by atoms with Gasteiger partial charge in [0.25, 0.3) is 0 Å². The first-order valence-electron chi connectivity index (χ1n) is 11.9. The molecule has 0 aromatic heterocycles. The summed E-state index contributed by atoms with van der Waals surface area (Å²) in [6, 6.07) is 36.5. The minimum Gasteiger partial charge on any atom is -0.497 e. The normalized spacial score (nSPS) is 11.9. The maximum Gasteiger partial charge on any atom is 0.240 e. The van der Waals surface area contributed by atoms with Gasteiger partial charge in [0.2, 0.25) is 11.8 Å². The minimum atomic E-state index is -0.842. The summed E-state index contributed by atoms with van der Waals surface area (Å²) < 4.78 is 5.21. The minimum absolute atomic E-state index is 0.109. The van der Waals surface area contributed by atoms with E-state index in [0.717, 1.165) is 28.0 Å². The Morgan fingerprint density at radius 3 is 1.58 bits per heavy atom. The number of benzene rings is 4. The van der Waals surface area contributed by atoms with E-state index in [2.05, 4.69) is 5.32 Å². The van der Waals surface area contributed by atoms with Gasteiger partial charge < -0.3 is 15.8 Å². The van der Waals surface area contributed by atoms with Crippen LogP contribution in [0.2, 0.25) is 0 Å². The molecule has 0 aliphatic rings. The summed E-state index contributed by atoms with van der Waals surface area (Å²) in [7, 11) is 1.60. The Morgan fingerprint density at radius 2 is 1.19 bits per heavy atom. The van der Waals surface area contributed by atoms with Crippen LogP contribution >= 0.6 is 0 Å². The summed E-state index contributed by atoms with van der Waals surface area (Å²) in [4.78, 5) is 26.0. The zero-order chi connectivity index (χ0) is 25.4. The van der Waals surface area contributed by atoms with Crippen molar-refractivity contribution < 1.29 is 14.3 Å². The zero-order valence-electron chi connectivity index (χ0n) is 20.3. The molecule has 0 aliphatic heterocycles. The topological polar surface area (TPSA) is 81.4 Å². The van der Waals surface area contributed by atoms with Gasteiger partial charge in [-0.2, -0.15) is 0 Å². The lowest BCUT2D eigenvalue weighted by Gasteiger charge is -2.36. The van der Waals surface area contributed by atoms with E-state index < -0.39 is 17.4 Å². The maximum atomic E-state index is 13.6. The number of nitrogens with one attached hydrogen (secondary N) is 1. The van der Waals surface area contributed by atoms with Crippen molar-refractivity contribution in [2.75, 3.05) is 7.11 Å². The second-order valence-corrected chi connectivity index (χ2v) is 8.75. The van der Waals surface area contributed by atoms with Crippen LogP contribution in [-0.2, 0) is 21.4 Å². The van der Waals surface area contributed by atoms with Crippen molar-refractivity contribution in [3.8, 4) is 5.75 Å². The highest BCUT2D eigenvalue weighted by Gasteiger charge is 2.39. The number of nitrogens with two attached hydrogens (primary N) is 1. The Balaban J connectivity index is 1.69. The monoisotopic (exact) mass is 478 g/mol. The number of carbonyl (C=O) groups is 2. The standard InChI is InChI=1S/C31H30N2O3/c1-36-27-19-17-23(18-20-27)21-28(30(32)35)33-29(34)22-31(24-11-5-2-6-12-24,25-13-7-3-8-14-25)26-15-9-4-10-16-26/h2-20,28H,21-22H2,1H3,(H2,32,35)(H,33,34)/t28-/m1/s1. The molecular formula is C31H30N2O3. The van der Waals surface area contributed by atoms with Gasteiger partial charge in [-0.25, -0.2) is 0 Å². The van der Waals surface area contributed by atoms with Crippen LogP contribution in [0.1, 0.15) is 28.7 Å². The van der Waals surface area contributed by atoms with Crippen LogP contribution in [0.4, 0.5) is 0 Å². The molecule has 182 valence electrons. The van der Waals surface area contributed by atoms with Crippen molar-refractivity contribution in [1.82, 2.24) is 5.32 Å². The average molecular weight is 479 g/mol. The van der Waals surface area contributed by atoms with Crippen molar-refractivity contribution in [1.29, 1.82) is 0 Å². The number of primary amides is 1. The van der Waals surface area contributed by atoms with Gasteiger partial charge in [-0.15, -0.1) is 0 Å². The van der Waals surface area contributed by atoms with Crippen LogP contribution < -0.4 is 15.8 Å². The van der Waals surface area contributed by atoms with Gasteiger partial charge in [-0.05, 0) is 34.4 Å². The number of carbonyl (C=O) groups excluding carboxylic acids is 2. The maximum absolute atomic E-state index is 13.6. The van der Waals surface area contributed by atoms with Crippen LogP contribution in [0.3, 0.4) is 0 Å². The third kappa shape index (κ3) is 5.47. The summed E-state index contributed by atoms with van der Waals surface area (Å²) in [6.45, 7) is 0. The number of methoxy groups -OCH3 is 1. The van der Waals surface area contributed by atoms with E-state index in [0.29, 0.717) is 6.42 Å². The largest absolute Gasteiger partial charge is 0.497 e. The summed E-state index contributed by atoms with van der Waals surface area (Å²) in [6.07, 6.45) is 0.400. The lowest BCUT2D eigenvalue weighted by Crippen LogP contribution is -2.48. The van der Waals surface area contributed by atoms with E-state index in [4.69, 9.17) is 10.5 Å². The molecule has 0 bridgehead atoms. The van der Waals surface area contributed by atoms with Gasteiger partial charge in [0.15, 0.2) is 0 Å². The zero-order valence-corrected chi connectivity index (χ0v) is 20.3. The molecular weight excluding hydrogens is 448 g/mol. The first-order chi connectivity index (χ1) is 17.5. The Morgan fingerprint density at radius 1 is 0.750 bits per heavy atom. The van der Waals surface area contributed by atoms with Crippen molar-refractivity contribution in [3.05, 3.63) is 138 Å². The average Bonchev–Trinajstić information content (AvgIpc) is 2.93. The molecule has 0 heterocycles. The van der Waals surface area contributed by atoms with E-state index in [-0.39, 0.29) is 12.3 Å². The summed E-state index contributed by atoms with van der Waals surface area (Å²) >= 11 is 0. The van der Waals surface area contributed by atoms with Crippen LogP contribution in [-0.4, -0.2) is 25.0 Å². The van der Waals surface area contributed by atoms with Crippen LogP contribution in [0.15, 0.2) is 115 Å². The molecule has 0 unspecified atom stereocenters. The highest BCUT2D eigenvalue weighted by atomic mass is 16.5. The molecule has 0 fully saturated rings. The first-order valence-corrected chi connectivity index (χ1v) is 11.9. The summed E-state index contributed by atoms with van der Waals surface area (Å²) in [5, 5.41) is 2.91. The van der Waals surface area contributed by atoms with E-state index in [1.54, 1.807) is 7.11 Å². The van der Waals surface area contributed by atoms with Crippen molar-refractivity contribution in [3.63, 3.8) is 0 Å². The van der Waals surface area contributed by atoms with Gasteiger partial charge in [-0.1, -0.05) is 103 Å². The molecule has 4 rings (SSSR count). The second kappa shape index (κ2) is 11.4. The van der Waals surface area contributed by atoms with Gasteiger partial charge in [-0.3, -0.25) is 9.59 Å². The smallest absolute Gasteiger partial charge is 0.240 e. The summed E-state index contributed by atoms with van der Waals surface area (Å²) in [5.74, 6) is -0.121. The molecule has 3 N–H and O–H groups in total. The van der Waals surface area contributed by atoms with Crippen LogP contribution in [0.25, 0.3) is 0 Å². The molecule has 0 spiro atoms. The van der Waals surface area contributed by atoms with E-state index in [1.165, 1.54) is 0 Å². The third-order valence-electron chi connectivity index (χ3n) is 6.50. The highest BCUT2D eigenvalue weighted by molar-refractivity contribution is 5.88. The molecule has 5 heteroatoms. The fourth-order valence-corrected chi connectivity index (χ4v) is 4.68. The molecule has 0 aliphatic carbocycles. The number of ether oxygens (including phenoxy) is 1. The van der Waals surface area contributed by atoms with Crippen LogP contribution in [0, 0.1) is 0 Å². The SMILES string of the molecule is COc1ccc(C[C@@H](NC(=O)CC(c2ccccc2)(c2ccccc2)c2ccccc2)C(N)=O)cc1. The fourth-order valence-electron chi connectivity index (χ4n) is 4.68. The Hall–Kier alpha value is -4.38. The van der Waals surface area contributed by atoms with Crippen molar-refractivity contribution in [2.45, 2.75) is 24.3 Å². The first kappa shape index (κ1) is 24.7. The Kier molecular flexibility index (Phi) is 7.81. The van der Waals surface area contributed by atoms with Crippen molar-refractivity contribution >= 4 is 11.8 Å². The molecule has 2 amide bonds. The quantitative estimate of drug-likeness (QED) is 0.326. The second-order valence-electron chi connectivity index (χ2n) is 8.75. The lowest BCUT2D eigenvalue weighted by molar-refractivity contribution is -0.127. The number of hydrogen-bond donors (Lipinski definition) is 2. The molecule has 5 nitrogen and oxygen atoms in total. The molecule has 1 atom stereocenters. The van der Waals surface area contributed by atoms with E-state index in [9.17, 15) is 9.59 Å². The van der Waals surface area contributed by atoms with E-state index >= 15 is 0 Å². The predicted octanol–water partition coefficient (Wildman–Crippen LogP) is 4.63. The van der Waals surface area contributed by atoms with Gasteiger partial charge in [0.05, 0.1) is 12.5 Å². The van der Waals surface area contributed by atoms with Gasteiger partial charge >= 0.3 is 0 Å². The van der Waals surface area contributed by atoms with Crippen molar-refractivity contribution in [2.24, 2.45) is 5.73 Å².